The lowest BCUT2D eigenvalue weighted by Gasteiger charge is -2.05. The van der Waals surface area contributed by atoms with Crippen LogP contribution in [0.1, 0.15) is 15.9 Å². The Morgan fingerprint density at radius 2 is 2.05 bits per heavy atom. The second-order valence-electron chi connectivity index (χ2n) is 3.85. The van der Waals surface area contributed by atoms with Crippen LogP contribution in [-0.4, -0.2) is 10.8 Å². The van der Waals surface area contributed by atoms with Gasteiger partial charge in [0.25, 0.3) is 0 Å². The molecule has 6 nitrogen and oxygen atoms in total. The molecule has 0 saturated heterocycles. The Hall–Kier alpha value is -2.41. The summed E-state index contributed by atoms with van der Waals surface area (Å²) in [5.41, 5.74) is 7.24. The summed E-state index contributed by atoms with van der Waals surface area (Å²) >= 11 is 1.10. The van der Waals surface area contributed by atoms with Gasteiger partial charge in [-0.1, -0.05) is 11.3 Å². The van der Waals surface area contributed by atoms with Gasteiger partial charge in [0.05, 0.1) is 4.92 Å². The van der Waals surface area contributed by atoms with Crippen LogP contribution in [0, 0.1) is 10.1 Å². The molecule has 1 aromatic carbocycles. The van der Waals surface area contributed by atoms with Crippen molar-refractivity contribution in [3.63, 3.8) is 0 Å². The Kier molecular flexibility index (Phi) is 3.76. The third-order valence-corrected chi connectivity index (χ3v) is 3.41. The third-order valence-electron chi connectivity index (χ3n) is 2.49. The molecule has 0 saturated carbocycles. The molecule has 0 radical (unpaired) electrons. The van der Waals surface area contributed by atoms with E-state index in [2.05, 4.69) is 5.32 Å². The number of carbonyl (C=O) groups excluding carboxylic acids is 1. The van der Waals surface area contributed by atoms with Crippen molar-refractivity contribution in [3.05, 3.63) is 57.0 Å². The van der Waals surface area contributed by atoms with Crippen molar-refractivity contribution in [2.75, 3.05) is 5.32 Å². The highest BCUT2D eigenvalue weighted by Gasteiger charge is 2.09. The van der Waals surface area contributed by atoms with Gasteiger partial charge in [0.1, 0.15) is 0 Å². The van der Waals surface area contributed by atoms with Gasteiger partial charge in [0, 0.05) is 29.2 Å². The van der Waals surface area contributed by atoms with E-state index in [1.807, 2.05) is 0 Å². The number of primary amides is 1. The van der Waals surface area contributed by atoms with Crippen LogP contribution in [0.25, 0.3) is 0 Å². The zero-order valence-electron chi connectivity index (χ0n) is 9.83. The van der Waals surface area contributed by atoms with E-state index in [4.69, 9.17) is 5.73 Å². The van der Waals surface area contributed by atoms with Crippen molar-refractivity contribution in [2.24, 2.45) is 5.73 Å². The number of nitrogens with zero attached hydrogens (tertiary/aromatic N) is 1. The van der Waals surface area contributed by atoms with E-state index < -0.39 is 10.8 Å². The number of carbonyl (C=O) groups is 1. The molecule has 98 valence electrons. The number of benzene rings is 1. The molecule has 0 aliphatic rings. The maximum absolute atomic E-state index is 10.9. The topological polar surface area (TPSA) is 98.3 Å². The minimum Gasteiger partial charge on any atom is -0.381 e. The maximum atomic E-state index is 10.9. The summed E-state index contributed by atoms with van der Waals surface area (Å²) in [6.07, 6.45) is 0. The quantitative estimate of drug-likeness (QED) is 0.647. The van der Waals surface area contributed by atoms with E-state index in [1.54, 1.807) is 29.6 Å². The summed E-state index contributed by atoms with van der Waals surface area (Å²) in [7, 11) is 0. The van der Waals surface area contributed by atoms with Gasteiger partial charge < -0.3 is 11.1 Å². The van der Waals surface area contributed by atoms with Crippen LogP contribution < -0.4 is 11.1 Å². The number of hydrogen-bond acceptors (Lipinski definition) is 5. The minimum absolute atomic E-state index is 0.126. The van der Waals surface area contributed by atoms with Crippen LogP contribution in [0.2, 0.25) is 0 Å². The predicted octanol–water partition coefficient (Wildman–Crippen LogP) is 2.37. The molecule has 0 aliphatic carbocycles. The van der Waals surface area contributed by atoms with Crippen molar-refractivity contribution < 1.29 is 9.72 Å². The van der Waals surface area contributed by atoms with E-state index in [0.717, 1.165) is 22.6 Å². The molecule has 3 N–H and O–H groups in total. The van der Waals surface area contributed by atoms with Crippen molar-refractivity contribution >= 4 is 27.9 Å². The molecule has 0 spiro atoms. The molecule has 1 amide bonds. The second-order valence-corrected chi connectivity index (χ2v) is 4.74. The molecule has 19 heavy (non-hydrogen) atoms. The number of nitrogens with two attached hydrogens (primary N) is 1. The van der Waals surface area contributed by atoms with Crippen molar-refractivity contribution in [2.45, 2.75) is 6.54 Å². The molecule has 0 unspecified atom stereocenters. The first kappa shape index (κ1) is 13.0. The Bertz CT molecular complexity index is 607. The van der Waals surface area contributed by atoms with Crippen LogP contribution in [0.4, 0.5) is 10.7 Å². The van der Waals surface area contributed by atoms with Gasteiger partial charge in [-0.15, -0.1) is 0 Å². The lowest BCUT2D eigenvalue weighted by molar-refractivity contribution is -0.380. The molecule has 0 bridgehead atoms. The first-order valence-electron chi connectivity index (χ1n) is 5.42. The average Bonchev–Trinajstić information content (AvgIpc) is 2.86. The fourth-order valence-corrected chi connectivity index (χ4v) is 2.24. The van der Waals surface area contributed by atoms with Gasteiger partial charge in [0.15, 0.2) is 0 Å². The molecule has 0 atom stereocenters. The van der Waals surface area contributed by atoms with Gasteiger partial charge in [-0.3, -0.25) is 14.9 Å². The fraction of sp³-hybridized carbons (Fsp3) is 0.0833. The second kappa shape index (κ2) is 5.49. The Balaban J connectivity index is 1.97. The SMILES string of the molecule is NC(=O)c1ccc(NCc2csc([N+](=O)[O-])c2)cc1. The summed E-state index contributed by atoms with van der Waals surface area (Å²) < 4.78 is 0. The predicted molar refractivity (Wildman–Crippen MR) is 73.3 cm³/mol. The van der Waals surface area contributed by atoms with Crippen molar-refractivity contribution in [1.29, 1.82) is 0 Å². The number of nitro groups is 1. The van der Waals surface area contributed by atoms with Crippen LogP contribution in [-0.2, 0) is 6.54 Å². The summed E-state index contributed by atoms with van der Waals surface area (Å²) in [5.74, 6) is -0.472. The molecule has 1 heterocycles. The van der Waals surface area contributed by atoms with E-state index in [-0.39, 0.29) is 5.00 Å². The first-order chi connectivity index (χ1) is 9.06. The number of hydrogen-bond donors (Lipinski definition) is 2. The smallest absolute Gasteiger partial charge is 0.324 e. The summed E-state index contributed by atoms with van der Waals surface area (Å²) in [4.78, 5) is 21.0. The van der Waals surface area contributed by atoms with Crippen molar-refractivity contribution in [3.8, 4) is 0 Å². The molecular weight excluding hydrogens is 266 g/mol. The monoisotopic (exact) mass is 277 g/mol. The average molecular weight is 277 g/mol. The zero-order valence-corrected chi connectivity index (χ0v) is 10.6. The summed E-state index contributed by atoms with van der Waals surface area (Å²) in [5, 5.41) is 15.5. The molecule has 2 aromatic rings. The van der Waals surface area contributed by atoms with Gasteiger partial charge in [0.2, 0.25) is 5.91 Å². The lowest BCUT2D eigenvalue weighted by Crippen LogP contribution is -2.10. The highest BCUT2D eigenvalue weighted by atomic mass is 32.1. The minimum atomic E-state index is -0.472. The van der Waals surface area contributed by atoms with Gasteiger partial charge in [-0.25, -0.2) is 0 Å². The Labute approximate surface area is 113 Å². The molecule has 1 aromatic heterocycles. The number of amides is 1. The van der Waals surface area contributed by atoms with Crippen LogP contribution in [0.5, 0.6) is 0 Å². The highest BCUT2D eigenvalue weighted by molar-refractivity contribution is 7.13. The van der Waals surface area contributed by atoms with Gasteiger partial charge >= 0.3 is 5.00 Å². The standard InChI is InChI=1S/C12H11N3O3S/c13-12(16)9-1-3-10(4-2-9)14-6-8-5-11(15(17)18)19-7-8/h1-5,7,14H,6H2,(H2,13,16). The number of nitrogens with one attached hydrogen (secondary N) is 1. The van der Waals surface area contributed by atoms with Crippen LogP contribution in [0.3, 0.4) is 0 Å². The fourth-order valence-electron chi connectivity index (χ4n) is 1.51. The van der Waals surface area contributed by atoms with Crippen molar-refractivity contribution in [1.82, 2.24) is 0 Å². The van der Waals surface area contributed by atoms with E-state index >= 15 is 0 Å². The van der Waals surface area contributed by atoms with Crippen LogP contribution >= 0.6 is 11.3 Å². The number of anilines is 1. The Morgan fingerprint density at radius 3 is 2.58 bits per heavy atom. The zero-order chi connectivity index (χ0) is 13.8. The molecule has 7 heteroatoms. The molecule has 2 rings (SSSR count). The van der Waals surface area contributed by atoms with E-state index in [9.17, 15) is 14.9 Å². The summed E-state index contributed by atoms with van der Waals surface area (Å²) in [6.45, 7) is 0.486. The van der Waals surface area contributed by atoms with E-state index in [0.29, 0.717) is 12.1 Å². The highest BCUT2D eigenvalue weighted by Crippen LogP contribution is 2.23. The first-order valence-corrected chi connectivity index (χ1v) is 6.30. The molecule has 0 aliphatic heterocycles. The summed E-state index contributed by atoms with van der Waals surface area (Å²) in [6, 6.07) is 8.26. The lowest BCUT2D eigenvalue weighted by atomic mass is 10.2. The maximum Gasteiger partial charge on any atom is 0.324 e. The normalized spacial score (nSPS) is 10.1. The van der Waals surface area contributed by atoms with Gasteiger partial charge in [-0.05, 0) is 29.8 Å². The number of thiophene rings is 1. The molecule has 0 fully saturated rings. The number of rotatable bonds is 5. The van der Waals surface area contributed by atoms with Crippen LogP contribution in [0.15, 0.2) is 35.7 Å². The van der Waals surface area contributed by atoms with Gasteiger partial charge in [-0.2, -0.15) is 0 Å². The van der Waals surface area contributed by atoms with E-state index in [1.165, 1.54) is 6.07 Å². The molecular formula is C12H11N3O3S. The largest absolute Gasteiger partial charge is 0.381 e. The third kappa shape index (κ3) is 3.29. The Morgan fingerprint density at radius 1 is 1.37 bits per heavy atom.